The first kappa shape index (κ1) is 16.2. The molecule has 0 rings (SSSR count). The second kappa shape index (κ2) is 7.48. The van der Waals surface area contributed by atoms with Gasteiger partial charge in [-0.1, -0.05) is 19.7 Å². The zero-order chi connectivity index (χ0) is 14.3. The molecule has 1 atom stereocenters. The molecular weight excluding hydrogens is 232 g/mol. The Hall–Kier alpha value is -1.84. The van der Waals surface area contributed by atoms with E-state index in [-0.39, 0.29) is 18.8 Å². The van der Waals surface area contributed by atoms with Gasteiger partial charge in [0.25, 0.3) is 0 Å². The summed E-state index contributed by atoms with van der Waals surface area (Å²) in [5.41, 5.74) is 1.10. The zero-order valence-corrected chi connectivity index (χ0v) is 11.2. The molecule has 0 amide bonds. The predicted molar refractivity (Wildman–Crippen MR) is 69.9 cm³/mol. The minimum atomic E-state index is -0.769. The van der Waals surface area contributed by atoms with E-state index in [1.54, 1.807) is 20.8 Å². The number of carbonyl (C=O) groups excluding carboxylic acids is 2. The number of rotatable bonds is 8. The number of esters is 1. The van der Waals surface area contributed by atoms with E-state index in [2.05, 4.69) is 19.7 Å². The summed E-state index contributed by atoms with van der Waals surface area (Å²) >= 11 is 0. The van der Waals surface area contributed by atoms with Crippen LogP contribution in [-0.4, -0.2) is 24.5 Å². The van der Waals surface area contributed by atoms with Crippen LogP contribution in [0.25, 0.3) is 0 Å². The van der Waals surface area contributed by atoms with Gasteiger partial charge in [0.15, 0.2) is 11.9 Å². The van der Waals surface area contributed by atoms with Crippen LogP contribution in [0, 0.1) is 0 Å². The van der Waals surface area contributed by atoms with Crippen LogP contribution < -0.4 is 0 Å². The summed E-state index contributed by atoms with van der Waals surface area (Å²) < 4.78 is 10.1. The Morgan fingerprint density at radius 3 is 2.11 bits per heavy atom. The molecule has 18 heavy (non-hydrogen) atoms. The fourth-order valence-electron chi connectivity index (χ4n) is 0.937. The number of ketones is 1. The third kappa shape index (κ3) is 6.03. The second-order valence-electron chi connectivity index (χ2n) is 4.08. The lowest BCUT2D eigenvalue weighted by atomic mass is 10.2. The first-order chi connectivity index (χ1) is 8.25. The molecule has 100 valence electrons. The molecule has 0 bridgehead atoms. The normalized spacial score (nSPS) is 11.3. The Morgan fingerprint density at radius 1 is 1.11 bits per heavy atom. The highest BCUT2D eigenvalue weighted by Gasteiger charge is 2.17. The Labute approximate surface area is 108 Å². The third-order valence-corrected chi connectivity index (χ3v) is 2.18. The summed E-state index contributed by atoms with van der Waals surface area (Å²) in [5, 5.41) is 0. The van der Waals surface area contributed by atoms with Crippen molar-refractivity contribution in [1.29, 1.82) is 0 Å². The lowest BCUT2D eigenvalue weighted by Gasteiger charge is -2.15. The molecule has 0 aromatic rings. The summed E-state index contributed by atoms with van der Waals surface area (Å²) in [6, 6.07) is 0. The number of ether oxygens (including phenoxy) is 2. The molecule has 0 spiro atoms. The van der Waals surface area contributed by atoms with E-state index < -0.39 is 12.1 Å². The van der Waals surface area contributed by atoms with E-state index in [1.807, 2.05) is 0 Å². The first-order valence-corrected chi connectivity index (χ1v) is 5.62. The van der Waals surface area contributed by atoms with Crippen molar-refractivity contribution in [3.05, 3.63) is 36.6 Å². The number of hydrogen-bond acceptors (Lipinski definition) is 4. The van der Waals surface area contributed by atoms with E-state index in [1.165, 1.54) is 0 Å². The van der Waals surface area contributed by atoms with Crippen molar-refractivity contribution in [2.45, 2.75) is 33.3 Å². The monoisotopic (exact) mass is 252 g/mol. The fourth-order valence-corrected chi connectivity index (χ4v) is 0.937. The van der Waals surface area contributed by atoms with Crippen molar-refractivity contribution in [3.8, 4) is 0 Å². The topological polar surface area (TPSA) is 52.6 Å². The molecule has 4 nitrogen and oxygen atoms in total. The molecule has 0 aliphatic heterocycles. The van der Waals surface area contributed by atoms with E-state index in [0.717, 1.165) is 0 Å². The molecular formula is C14H20O4. The van der Waals surface area contributed by atoms with E-state index in [9.17, 15) is 9.59 Å². The summed E-state index contributed by atoms with van der Waals surface area (Å²) in [6.07, 6.45) is -0.635. The molecule has 0 heterocycles. The average Bonchev–Trinajstić information content (AvgIpc) is 2.27. The standard InChI is InChI=1S/C14H20O4/c1-9(2)11(5)18-12(6)14(16)17-8-7-13(15)10(3)4/h12H,1,3,5,7-8H2,2,4,6H3. The van der Waals surface area contributed by atoms with Crippen LogP contribution in [0.15, 0.2) is 36.6 Å². The van der Waals surface area contributed by atoms with Crippen molar-refractivity contribution in [1.82, 2.24) is 0 Å². The van der Waals surface area contributed by atoms with Gasteiger partial charge in [0.2, 0.25) is 0 Å². The molecule has 0 aliphatic carbocycles. The SMILES string of the molecule is C=C(C)C(=C)OC(C)C(=O)OCCC(=O)C(=C)C. The highest BCUT2D eigenvalue weighted by Crippen LogP contribution is 2.10. The number of Topliss-reactive ketones (excluding diaryl/α,β-unsaturated/α-hetero) is 1. The lowest BCUT2D eigenvalue weighted by Crippen LogP contribution is -2.24. The van der Waals surface area contributed by atoms with Gasteiger partial charge in [0.1, 0.15) is 5.76 Å². The van der Waals surface area contributed by atoms with E-state index in [4.69, 9.17) is 9.47 Å². The summed E-state index contributed by atoms with van der Waals surface area (Å²) in [4.78, 5) is 22.7. The maximum atomic E-state index is 11.5. The average molecular weight is 252 g/mol. The number of carbonyl (C=O) groups is 2. The number of allylic oxidation sites excluding steroid dienone is 2. The molecule has 0 aliphatic rings. The van der Waals surface area contributed by atoms with Gasteiger partial charge in [-0.3, -0.25) is 4.79 Å². The molecule has 0 saturated heterocycles. The Morgan fingerprint density at radius 2 is 1.67 bits per heavy atom. The highest BCUT2D eigenvalue weighted by molar-refractivity contribution is 5.94. The van der Waals surface area contributed by atoms with Crippen molar-refractivity contribution in [2.24, 2.45) is 0 Å². The third-order valence-electron chi connectivity index (χ3n) is 2.18. The van der Waals surface area contributed by atoms with Crippen molar-refractivity contribution in [2.75, 3.05) is 6.61 Å². The van der Waals surface area contributed by atoms with Gasteiger partial charge in [-0.05, 0) is 31.9 Å². The van der Waals surface area contributed by atoms with Crippen LogP contribution in [0.1, 0.15) is 27.2 Å². The van der Waals surface area contributed by atoms with Crippen molar-refractivity contribution in [3.63, 3.8) is 0 Å². The molecule has 4 heteroatoms. The van der Waals surface area contributed by atoms with Crippen LogP contribution in [0.5, 0.6) is 0 Å². The molecule has 0 fully saturated rings. The van der Waals surface area contributed by atoms with Gasteiger partial charge in [-0.25, -0.2) is 4.79 Å². The molecule has 0 N–H and O–H groups in total. The molecule has 0 aromatic heterocycles. The quantitative estimate of drug-likeness (QED) is 0.288. The Balaban J connectivity index is 4.03. The lowest BCUT2D eigenvalue weighted by molar-refractivity contribution is -0.153. The Kier molecular flexibility index (Phi) is 6.71. The fraction of sp³-hybridized carbons (Fsp3) is 0.429. The van der Waals surface area contributed by atoms with Crippen LogP contribution in [0.2, 0.25) is 0 Å². The summed E-state index contributed by atoms with van der Waals surface area (Å²) in [7, 11) is 0. The zero-order valence-electron chi connectivity index (χ0n) is 11.2. The van der Waals surface area contributed by atoms with E-state index >= 15 is 0 Å². The number of hydrogen-bond donors (Lipinski definition) is 0. The maximum absolute atomic E-state index is 11.5. The Bertz CT molecular complexity index is 379. The minimum Gasteiger partial charge on any atom is -0.479 e. The second-order valence-corrected chi connectivity index (χ2v) is 4.08. The van der Waals surface area contributed by atoms with Gasteiger partial charge < -0.3 is 9.47 Å². The molecule has 0 aromatic carbocycles. The van der Waals surface area contributed by atoms with Gasteiger partial charge in [-0.2, -0.15) is 0 Å². The minimum absolute atomic E-state index is 0.0256. The van der Waals surface area contributed by atoms with Gasteiger partial charge in [0.05, 0.1) is 6.61 Å². The van der Waals surface area contributed by atoms with Crippen molar-refractivity contribution >= 4 is 11.8 Å². The van der Waals surface area contributed by atoms with Crippen LogP contribution >= 0.6 is 0 Å². The summed E-state index contributed by atoms with van der Waals surface area (Å²) in [5.74, 6) is -0.313. The van der Waals surface area contributed by atoms with Crippen LogP contribution in [-0.2, 0) is 19.1 Å². The maximum Gasteiger partial charge on any atom is 0.347 e. The smallest absolute Gasteiger partial charge is 0.347 e. The van der Waals surface area contributed by atoms with Crippen molar-refractivity contribution < 1.29 is 19.1 Å². The predicted octanol–water partition coefficient (Wildman–Crippen LogP) is 2.56. The first-order valence-electron chi connectivity index (χ1n) is 5.62. The summed E-state index contributed by atoms with van der Waals surface area (Å²) in [6.45, 7) is 15.7. The van der Waals surface area contributed by atoms with Gasteiger partial charge in [0, 0.05) is 6.42 Å². The van der Waals surface area contributed by atoms with Gasteiger partial charge >= 0.3 is 5.97 Å². The van der Waals surface area contributed by atoms with Crippen LogP contribution in [0.3, 0.4) is 0 Å². The molecule has 0 saturated carbocycles. The largest absolute Gasteiger partial charge is 0.479 e. The van der Waals surface area contributed by atoms with Gasteiger partial charge in [-0.15, -0.1) is 0 Å². The molecule has 1 unspecified atom stereocenters. The van der Waals surface area contributed by atoms with E-state index in [0.29, 0.717) is 16.9 Å². The molecule has 0 radical (unpaired) electrons. The highest BCUT2D eigenvalue weighted by atomic mass is 16.6. The van der Waals surface area contributed by atoms with Crippen LogP contribution in [0.4, 0.5) is 0 Å².